The summed E-state index contributed by atoms with van der Waals surface area (Å²) in [6.07, 6.45) is 4.84. The Balaban J connectivity index is 0.00000208. The normalized spacial score (nSPS) is 17.6. The third-order valence-corrected chi connectivity index (χ3v) is 4.90. The summed E-state index contributed by atoms with van der Waals surface area (Å²) in [5.74, 6) is -0.221. The van der Waals surface area contributed by atoms with Gasteiger partial charge in [0.15, 0.2) is 0 Å². The molecule has 7 heteroatoms. The van der Waals surface area contributed by atoms with Gasteiger partial charge in [0.25, 0.3) is 0 Å². The van der Waals surface area contributed by atoms with E-state index >= 15 is 0 Å². The van der Waals surface area contributed by atoms with E-state index in [0.717, 1.165) is 36.4 Å². The standard InChI is InChI=1S/C17H18FN2O2S.Y/c18-15-11-23-16(19-15)5-1-3-12-4-2-6-17(22)20(12)13-7-9-14(21)10-8-13;/h7-10,12,21H,1-6H2;/q-1;. The first-order chi connectivity index (χ1) is 11.1. The summed E-state index contributed by atoms with van der Waals surface area (Å²) < 4.78 is 12.8. The number of amides is 1. The molecule has 1 aliphatic heterocycles. The molecular weight excluding hydrogens is 404 g/mol. The summed E-state index contributed by atoms with van der Waals surface area (Å²) in [6.45, 7) is 0. The third-order valence-electron chi connectivity index (χ3n) is 4.09. The van der Waals surface area contributed by atoms with Crippen LogP contribution in [0.2, 0.25) is 0 Å². The van der Waals surface area contributed by atoms with Crippen LogP contribution in [-0.2, 0) is 43.9 Å². The number of piperidine rings is 1. The summed E-state index contributed by atoms with van der Waals surface area (Å²) in [5, 5.41) is 12.6. The van der Waals surface area contributed by atoms with Crippen molar-refractivity contribution in [2.75, 3.05) is 4.90 Å². The molecule has 125 valence electrons. The number of phenols is 1. The van der Waals surface area contributed by atoms with E-state index in [1.807, 2.05) is 4.90 Å². The molecule has 1 unspecified atom stereocenters. The zero-order chi connectivity index (χ0) is 16.2. The molecule has 0 aliphatic carbocycles. The van der Waals surface area contributed by atoms with Crippen molar-refractivity contribution in [3.63, 3.8) is 0 Å². The maximum absolute atomic E-state index is 12.8. The van der Waals surface area contributed by atoms with Crippen LogP contribution in [0, 0.1) is 11.3 Å². The molecule has 1 saturated heterocycles. The van der Waals surface area contributed by atoms with E-state index in [4.69, 9.17) is 0 Å². The molecule has 0 spiro atoms. The second kappa shape index (κ2) is 9.02. The molecule has 1 aromatic heterocycles. The molecule has 0 bridgehead atoms. The van der Waals surface area contributed by atoms with Crippen molar-refractivity contribution in [2.24, 2.45) is 0 Å². The molecule has 1 atom stereocenters. The predicted octanol–water partition coefficient (Wildman–Crippen LogP) is 3.69. The molecule has 3 rings (SSSR count). The van der Waals surface area contributed by atoms with Gasteiger partial charge in [0, 0.05) is 50.9 Å². The second-order valence-corrected chi connectivity index (χ2v) is 6.60. The number of nitrogens with zero attached hydrogens (tertiary/aromatic N) is 2. The van der Waals surface area contributed by atoms with Crippen LogP contribution in [0.5, 0.6) is 5.75 Å². The number of carbonyl (C=O) groups is 1. The van der Waals surface area contributed by atoms with Gasteiger partial charge in [-0.2, -0.15) is 0 Å². The van der Waals surface area contributed by atoms with Crippen LogP contribution in [0.1, 0.15) is 37.1 Å². The van der Waals surface area contributed by atoms with Crippen LogP contribution in [0.25, 0.3) is 0 Å². The minimum absolute atomic E-state index is 0. The summed E-state index contributed by atoms with van der Waals surface area (Å²) in [5.41, 5.74) is 0.825. The van der Waals surface area contributed by atoms with E-state index in [1.54, 1.807) is 24.3 Å². The van der Waals surface area contributed by atoms with Crippen molar-refractivity contribution in [3.8, 4) is 5.75 Å². The smallest absolute Gasteiger partial charge is 0.227 e. The van der Waals surface area contributed by atoms with E-state index in [9.17, 15) is 14.3 Å². The third kappa shape index (κ3) is 4.84. The molecule has 1 N–H and O–H groups in total. The quantitative estimate of drug-likeness (QED) is 0.748. The van der Waals surface area contributed by atoms with Crippen LogP contribution in [0.3, 0.4) is 0 Å². The number of hydrogen-bond acceptors (Lipinski definition) is 4. The Morgan fingerprint density at radius 3 is 2.79 bits per heavy atom. The predicted molar refractivity (Wildman–Crippen MR) is 87.1 cm³/mol. The number of benzene rings is 1. The molecule has 1 fully saturated rings. The van der Waals surface area contributed by atoms with Gasteiger partial charge in [0.2, 0.25) is 5.91 Å². The molecule has 1 radical (unpaired) electrons. The van der Waals surface area contributed by atoms with Crippen LogP contribution < -0.4 is 4.90 Å². The first-order valence-electron chi connectivity index (χ1n) is 7.77. The Labute approximate surface area is 170 Å². The van der Waals surface area contributed by atoms with Gasteiger partial charge >= 0.3 is 0 Å². The average Bonchev–Trinajstić information content (AvgIpc) is 2.94. The molecule has 1 amide bonds. The SMILES string of the molecule is O=C1CCCC(CCCc2nc(F)[c-]s2)N1c1ccc(O)cc1.[Y]. The fraction of sp³-hybridized carbons (Fsp3) is 0.412. The minimum Gasteiger partial charge on any atom is -0.508 e. The molecule has 2 aromatic rings. The Morgan fingerprint density at radius 1 is 1.38 bits per heavy atom. The number of aromatic nitrogens is 1. The van der Waals surface area contributed by atoms with E-state index in [2.05, 4.69) is 10.4 Å². The summed E-state index contributed by atoms with van der Waals surface area (Å²) in [6, 6.07) is 6.90. The van der Waals surface area contributed by atoms with Gasteiger partial charge in [-0.3, -0.25) is 4.79 Å². The fourth-order valence-corrected chi connectivity index (χ4v) is 3.66. The number of thiazole rings is 1. The number of anilines is 1. The number of hydrogen-bond donors (Lipinski definition) is 1. The number of phenolic OH excluding ortho intramolecular Hbond substituents is 1. The largest absolute Gasteiger partial charge is 0.508 e. The number of carbonyl (C=O) groups excluding carboxylic acids is 1. The van der Waals surface area contributed by atoms with Crippen molar-refractivity contribution in [1.29, 1.82) is 0 Å². The van der Waals surface area contributed by atoms with E-state index in [0.29, 0.717) is 12.8 Å². The summed E-state index contributed by atoms with van der Waals surface area (Å²) in [4.78, 5) is 18.0. The molecule has 24 heavy (non-hydrogen) atoms. The van der Waals surface area contributed by atoms with Crippen molar-refractivity contribution in [2.45, 2.75) is 44.6 Å². The number of aromatic hydroxyl groups is 1. The number of rotatable bonds is 5. The number of aryl methyl sites for hydroxylation is 1. The van der Waals surface area contributed by atoms with Crippen LogP contribution in [-0.4, -0.2) is 22.0 Å². The molecule has 2 heterocycles. The Kier molecular flexibility index (Phi) is 7.32. The van der Waals surface area contributed by atoms with Crippen molar-refractivity contribution < 1.29 is 47.0 Å². The van der Waals surface area contributed by atoms with Crippen molar-refractivity contribution in [3.05, 3.63) is 40.6 Å². The maximum Gasteiger partial charge on any atom is 0.227 e. The minimum atomic E-state index is -0.538. The first-order valence-corrected chi connectivity index (χ1v) is 8.59. The van der Waals surface area contributed by atoms with E-state index in [-0.39, 0.29) is 50.4 Å². The topological polar surface area (TPSA) is 53.4 Å². The van der Waals surface area contributed by atoms with Gasteiger partial charge in [-0.1, -0.05) is 17.8 Å². The zero-order valence-electron chi connectivity index (χ0n) is 13.2. The number of halogens is 1. The van der Waals surface area contributed by atoms with Crippen molar-refractivity contribution in [1.82, 2.24) is 4.98 Å². The Morgan fingerprint density at radius 2 is 2.12 bits per heavy atom. The van der Waals surface area contributed by atoms with Crippen molar-refractivity contribution >= 4 is 22.9 Å². The molecule has 0 saturated carbocycles. The van der Waals surface area contributed by atoms with E-state index in [1.165, 1.54) is 11.3 Å². The Hall–Kier alpha value is -0.846. The van der Waals surface area contributed by atoms with Gasteiger partial charge < -0.3 is 26.3 Å². The summed E-state index contributed by atoms with van der Waals surface area (Å²) in [7, 11) is 0. The fourth-order valence-electron chi connectivity index (χ4n) is 3.04. The monoisotopic (exact) mass is 422 g/mol. The van der Waals surface area contributed by atoms with Gasteiger partial charge in [-0.05, 0) is 43.5 Å². The van der Waals surface area contributed by atoms with Gasteiger partial charge in [0.1, 0.15) is 11.7 Å². The van der Waals surface area contributed by atoms with Crippen LogP contribution in [0.4, 0.5) is 10.1 Å². The molecular formula is C17H18FN2O2SY-. The Bertz CT molecular complexity index is 677. The molecule has 4 nitrogen and oxygen atoms in total. The zero-order valence-corrected chi connectivity index (χ0v) is 16.9. The van der Waals surface area contributed by atoms with Gasteiger partial charge in [-0.15, -0.1) is 5.38 Å². The first kappa shape index (κ1) is 19.5. The maximum atomic E-state index is 12.8. The van der Waals surface area contributed by atoms with Gasteiger partial charge in [-0.25, -0.2) is 4.39 Å². The molecule has 1 aliphatic rings. The molecule has 1 aromatic carbocycles. The van der Waals surface area contributed by atoms with Crippen LogP contribution in [0.15, 0.2) is 24.3 Å². The second-order valence-electron chi connectivity index (χ2n) is 5.72. The van der Waals surface area contributed by atoms with Gasteiger partial charge in [0.05, 0.1) is 0 Å². The van der Waals surface area contributed by atoms with E-state index < -0.39 is 5.95 Å². The van der Waals surface area contributed by atoms with Crippen LogP contribution >= 0.6 is 11.3 Å². The average molecular weight is 422 g/mol. The summed E-state index contributed by atoms with van der Waals surface area (Å²) >= 11 is 1.22.